The lowest BCUT2D eigenvalue weighted by atomic mass is 9.44. The molecule has 3 aromatic rings. The molecule has 3 fully saturated rings. The first kappa shape index (κ1) is 39.5. The van der Waals surface area contributed by atoms with Crippen molar-refractivity contribution in [2.75, 3.05) is 6.61 Å². The van der Waals surface area contributed by atoms with E-state index >= 15 is 0 Å². The lowest BCUT2D eigenvalue weighted by molar-refractivity contribution is -0.343. The van der Waals surface area contributed by atoms with E-state index in [1.807, 2.05) is 0 Å². The van der Waals surface area contributed by atoms with Gasteiger partial charge in [-0.1, -0.05) is 80.6 Å². The lowest BCUT2D eigenvalue weighted by Crippen LogP contribution is -2.81. The Balaban J connectivity index is 1.31. The summed E-state index contributed by atoms with van der Waals surface area (Å²) >= 11 is 0. The van der Waals surface area contributed by atoms with Crippen molar-refractivity contribution in [3.05, 3.63) is 119 Å². The van der Waals surface area contributed by atoms with E-state index in [2.05, 4.69) is 5.32 Å². The third-order valence-electron chi connectivity index (χ3n) is 12.9. The van der Waals surface area contributed by atoms with E-state index < -0.39 is 101 Å². The highest BCUT2D eigenvalue weighted by molar-refractivity contribution is 5.95. The Morgan fingerprint density at radius 3 is 2.00 bits per heavy atom. The number of aliphatic hydroxyl groups excluding tert-OH is 3. The fourth-order valence-electron chi connectivity index (χ4n) is 9.54. The van der Waals surface area contributed by atoms with Crippen molar-refractivity contribution in [2.24, 2.45) is 16.7 Å². The summed E-state index contributed by atoms with van der Waals surface area (Å²) in [4.78, 5) is 56.0. The van der Waals surface area contributed by atoms with E-state index in [1.165, 1.54) is 26.0 Å². The van der Waals surface area contributed by atoms with Crippen LogP contribution in [0.15, 0.2) is 102 Å². The van der Waals surface area contributed by atoms with Crippen molar-refractivity contribution in [2.45, 2.75) is 94.4 Å². The molecule has 11 atom stereocenters. The molecule has 7 rings (SSSR count). The third kappa shape index (κ3) is 6.08. The Morgan fingerprint density at radius 2 is 1.43 bits per heavy atom. The summed E-state index contributed by atoms with van der Waals surface area (Å²) in [5.41, 5.74) is -6.83. The third-order valence-corrected chi connectivity index (χ3v) is 12.9. The first-order valence-corrected chi connectivity index (χ1v) is 18.7. The van der Waals surface area contributed by atoms with Gasteiger partial charge >= 0.3 is 11.9 Å². The standard InChI is InChI=1S/C43H47NO12/c1-23-27(55-39(51)33(47)31(24-14-8-5-9-15-24)44-37(49)25-16-10-6-11-17-25)21-43(53)36(56-38(50)26-18-12-7-13-19-26)34-41(4,28(45)20-29-42(34,52)22-54-29)35(48)32(46)30(23)40(43,2)3/h5-19,27-29,31-34,36,45-47,52-53H,20-22H2,1-4H3,(H,44,49). The summed E-state index contributed by atoms with van der Waals surface area (Å²) in [5.74, 6) is -5.07. The maximum Gasteiger partial charge on any atom is 0.338 e. The molecule has 2 bridgehead atoms. The van der Waals surface area contributed by atoms with Gasteiger partial charge in [-0.3, -0.25) is 9.59 Å². The molecule has 4 aliphatic rings. The van der Waals surface area contributed by atoms with Crippen LogP contribution in [-0.2, 0) is 23.8 Å². The monoisotopic (exact) mass is 769 g/mol. The molecule has 3 aliphatic carbocycles. The number of benzene rings is 3. The molecule has 3 aromatic carbocycles. The van der Waals surface area contributed by atoms with Crippen LogP contribution in [-0.4, -0.2) is 104 Å². The van der Waals surface area contributed by atoms with Crippen LogP contribution in [0.4, 0.5) is 0 Å². The van der Waals surface area contributed by atoms with Crippen LogP contribution in [0.1, 0.15) is 72.9 Å². The number of carbonyl (C=O) groups is 4. The summed E-state index contributed by atoms with van der Waals surface area (Å²) in [6.45, 7) is 5.72. The van der Waals surface area contributed by atoms with Gasteiger partial charge in [-0.05, 0) is 54.8 Å². The minimum Gasteiger partial charge on any atom is -0.456 e. The summed E-state index contributed by atoms with van der Waals surface area (Å²) in [5, 5.41) is 63.6. The van der Waals surface area contributed by atoms with Crippen LogP contribution in [0.3, 0.4) is 0 Å². The Morgan fingerprint density at radius 1 is 0.857 bits per heavy atom. The van der Waals surface area contributed by atoms with Gasteiger partial charge in [0.15, 0.2) is 11.9 Å². The summed E-state index contributed by atoms with van der Waals surface area (Å²) in [7, 11) is 0. The molecule has 1 aliphatic heterocycles. The van der Waals surface area contributed by atoms with E-state index in [9.17, 15) is 44.7 Å². The number of rotatable bonds is 8. The highest BCUT2D eigenvalue weighted by atomic mass is 16.6. The Bertz CT molecular complexity index is 2040. The molecule has 296 valence electrons. The van der Waals surface area contributed by atoms with Crippen LogP contribution in [0.25, 0.3) is 0 Å². The van der Waals surface area contributed by atoms with Gasteiger partial charge in [-0.2, -0.15) is 0 Å². The van der Waals surface area contributed by atoms with E-state index in [4.69, 9.17) is 14.2 Å². The SMILES string of the molecule is CC1=C2C(O)C(=O)C3(C)C(O)CC4OCC4(O)C3C(OC(=O)c3ccccc3)C(O)(CC1OC(=O)C(O)C(NC(=O)c1ccccc1)c1ccccc1)C2(C)C. The van der Waals surface area contributed by atoms with Crippen LogP contribution >= 0.6 is 0 Å². The molecule has 2 saturated carbocycles. The fourth-order valence-corrected chi connectivity index (χ4v) is 9.54. The molecular formula is C43H47NO12. The summed E-state index contributed by atoms with van der Waals surface area (Å²) in [6, 6.07) is 23.2. The zero-order valence-corrected chi connectivity index (χ0v) is 31.5. The molecule has 1 amide bonds. The van der Waals surface area contributed by atoms with Crippen molar-refractivity contribution in [1.82, 2.24) is 5.32 Å². The molecule has 1 heterocycles. The highest BCUT2D eigenvalue weighted by Crippen LogP contribution is 2.63. The fraction of sp³-hybridized carbons (Fsp3) is 0.442. The van der Waals surface area contributed by atoms with Gasteiger partial charge in [-0.15, -0.1) is 0 Å². The molecule has 13 heteroatoms. The minimum atomic E-state index is -2.30. The van der Waals surface area contributed by atoms with Gasteiger partial charge in [-0.25, -0.2) is 9.59 Å². The lowest BCUT2D eigenvalue weighted by Gasteiger charge is -2.66. The molecule has 13 nitrogen and oxygen atoms in total. The van der Waals surface area contributed by atoms with Gasteiger partial charge in [0.1, 0.15) is 29.5 Å². The number of ether oxygens (including phenoxy) is 3. The predicted octanol–water partition coefficient (Wildman–Crippen LogP) is 2.59. The highest BCUT2D eigenvalue weighted by Gasteiger charge is 2.76. The second kappa shape index (κ2) is 14.3. The van der Waals surface area contributed by atoms with Gasteiger partial charge in [0.2, 0.25) is 0 Å². The number of amides is 1. The number of fused-ring (bicyclic) bond motifs is 5. The molecule has 0 spiro atoms. The molecule has 1 saturated heterocycles. The average Bonchev–Trinajstić information content (AvgIpc) is 3.19. The van der Waals surface area contributed by atoms with Gasteiger partial charge in [0, 0.05) is 29.7 Å². The van der Waals surface area contributed by atoms with Gasteiger partial charge < -0.3 is 45.1 Å². The largest absolute Gasteiger partial charge is 0.456 e. The number of ketones is 1. The molecule has 6 N–H and O–H groups in total. The number of esters is 2. The molecule has 0 aromatic heterocycles. The number of aliphatic hydroxyl groups is 5. The number of hydrogen-bond donors (Lipinski definition) is 6. The topological polar surface area (TPSA) is 209 Å². The zero-order chi connectivity index (χ0) is 40.4. The number of nitrogens with one attached hydrogen (secondary N) is 1. The maximum absolute atomic E-state index is 14.7. The van der Waals surface area contributed by atoms with Crippen LogP contribution in [0, 0.1) is 16.7 Å². The van der Waals surface area contributed by atoms with Gasteiger partial charge in [0.25, 0.3) is 5.91 Å². The van der Waals surface area contributed by atoms with Crippen molar-refractivity contribution in [3.8, 4) is 0 Å². The van der Waals surface area contributed by atoms with Crippen LogP contribution < -0.4 is 5.32 Å². The second-order valence-electron chi connectivity index (χ2n) is 16.2. The first-order valence-electron chi connectivity index (χ1n) is 18.7. The van der Waals surface area contributed by atoms with E-state index in [1.54, 1.807) is 92.7 Å². The maximum atomic E-state index is 14.7. The average molecular weight is 770 g/mol. The van der Waals surface area contributed by atoms with Crippen molar-refractivity contribution in [1.29, 1.82) is 0 Å². The summed E-state index contributed by atoms with van der Waals surface area (Å²) in [6.07, 6.45) is -10.3. The first-order chi connectivity index (χ1) is 26.5. The number of carbonyl (C=O) groups excluding carboxylic acids is 4. The van der Waals surface area contributed by atoms with Crippen molar-refractivity contribution < 1.29 is 58.9 Å². The predicted molar refractivity (Wildman–Crippen MR) is 199 cm³/mol. The van der Waals surface area contributed by atoms with E-state index in [0.717, 1.165) is 0 Å². The molecule has 0 radical (unpaired) electrons. The van der Waals surface area contributed by atoms with Crippen LogP contribution in [0.5, 0.6) is 0 Å². The molecule has 56 heavy (non-hydrogen) atoms. The minimum absolute atomic E-state index is 0.0351. The van der Waals surface area contributed by atoms with E-state index in [0.29, 0.717) is 5.56 Å². The number of Topliss-reactive ketones (excluding diaryl/α,β-unsaturated/α-hetero) is 1. The molecular weight excluding hydrogens is 722 g/mol. The van der Waals surface area contributed by atoms with Crippen molar-refractivity contribution >= 4 is 23.6 Å². The number of hydrogen-bond acceptors (Lipinski definition) is 12. The van der Waals surface area contributed by atoms with Crippen molar-refractivity contribution in [3.63, 3.8) is 0 Å². The zero-order valence-electron chi connectivity index (χ0n) is 31.5. The summed E-state index contributed by atoms with van der Waals surface area (Å²) < 4.78 is 17.9. The van der Waals surface area contributed by atoms with Gasteiger partial charge in [0.05, 0.1) is 35.8 Å². The molecule has 11 unspecified atom stereocenters. The Hall–Kier alpha value is -4.76. The Labute approximate surface area is 323 Å². The van der Waals surface area contributed by atoms with E-state index in [-0.39, 0.29) is 35.3 Å². The normalized spacial score (nSPS) is 34.3. The quantitative estimate of drug-likeness (QED) is 0.144. The smallest absolute Gasteiger partial charge is 0.338 e. The Kier molecular flexibility index (Phi) is 10.1. The second-order valence-corrected chi connectivity index (χ2v) is 16.2. The van der Waals surface area contributed by atoms with Crippen LogP contribution in [0.2, 0.25) is 0 Å².